The molecule has 0 saturated heterocycles. The second kappa shape index (κ2) is 11.1. The number of para-hydroxylation sites is 3. The Bertz CT molecular complexity index is 1870. The van der Waals surface area contributed by atoms with Gasteiger partial charge in [-0.1, -0.05) is 48.0 Å². The molecular formula is C29H20ClF3N4O3S. The summed E-state index contributed by atoms with van der Waals surface area (Å²) in [5.41, 5.74) is 1.74. The Kier molecular flexibility index (Phi) is 7.57. The summed E-state index contributed by atoms with van der Waals surface area (Å²) in [5.74, 6) is 0.111. The predicted octanol–water partition coefficient (Wildman–Crippen LogP) is 7.35. The van der Waals surface area contributed by atoms with Gasteiger partial charge in [-0.05, 0) is 66.2 Å². The summed E-state index contributed by atoms with van der Waals surface area (Å²) >= 11 is 5.62. The van der Waals surface area contributed by atoms with Crippen LogP contribution in [0, 0.1) is 0 Å². The number of carbonyl (C=O) groups is 1. The van der Waals surface area contributed by atoms with Gasteiger partial charge in [-0.25, -0.2) is 13.4 Å². The van der Waals surface area contributed by atoms with E-state index >= 15 is 0 Å². The number of imidazole rings is 1. The van der Waals surface area contributed by atoms with E-state index in [1.165, 1.54) is 30.4 Å². The first kappa shape index (κ1) is 27.9. The molecule has 0 spiro atoms. The molecule has 5 rings (SSSR count). The van der Waals surface area contributed by atoms with Crippen LogP contribution < -0.4 is 10.0 Å². The number of benzene rings is 4. The van der Waals surface area contributed by atoms with Gasteiger partial charge in [0.25, 0.3) is 10.0 Å². The van der Waals surface area contributed by atoms with Gasteiger partial charge in [0.1, 0.15) is 5.82 Å². The van der Waals surface area contributed by atoms with Crippen molar-refractivity contribution in [1.82, 2.24) is 9.97 Å². The van der Waals surface area contributed by atoms with E-state index in [1.807, 2.05) is 36.4 Å². The standard InChI is InChI=1S/C29H20ClF3N4O3S/c30-23-14-13-19(17-22(23)29(31,32)33)37-41(39,40)20-7-5-6-18(16-20)12-15-27(38)34-24-9-2-1-8-21(24)28-35-25-10-3-4-11-26(25)36-28/h1-17,37H,(H,34,38)(H,35,36)/b15-12+. The van der Waals surface area contributed by atoms with Crippen LogP contribution in [0.4, 0.5) is 24.5 Å². The van der Waals surface area contributed by atoms with Gasteiger partial charge in [-0.2, -0.15) is 13.2 Å². The fourth-order valence-corrected chi connectivity index (χ4v) is 5.36. The summed E-state index contributed by atoms with van der Waals surface area (Å²) in [6, 6.07) is 23.0. The minimum Gasteiger partial charge on any atom is -0.338 e. The Morgan fingerprint density at radius 2 is 1.68 bits per heavy atom. The third-order valence-corrected chi connectivity index (χ3v) is 7.66. The van der Waals surface area contributed by atoms with Crippen LogP contribution in [0.3, 0.4) is 0 Å². The largest absolute Gasteiger partial charge is 0.417 e. The summed E-state index contributed by atoms with van der Waals surface area (Å²) in [7, 11) is -4.25. The number of H-pyrrole nitrogens is 1. The monoisotopic (exact) mass is 596 g/mol. The number of aromatic nitrogens is 2. The fourth-order valence-electron chi connectivity index (χ4n) is 4.03. The number of carbonyl (C=O) groups excluding carboxylic acids is 1. The number of anilines is 2. The smallest absolute Gasteiger partial charge is 0.338 e. The zero-order valence-electron chi connectivity index (χ0n) is 20.9. The zero-order chi connectivity index (χ0) is 29.2. The fraction of sp³-hybridized carbons (Fsp3) is 0.0345. The van der Waals surface area contributed by atoms with E-state index in [1.54, 1.807) is 18.2 Å². The van der Waals surface area contributed by atoms with Crippen molar-refractivity contribution in [3.05, 3.63) is 113 Å². The molecule has 0 saturated carbocycles. The van der Waals surface area contributed by atoms with E-state index < -0.39 is 32.7 Å². The lowest BCUT2D eigenvalue weighted by Gasteiger charge is -2.13. The predicted molar refractivity (Wildman–Crippen MR) is 153 cm³/mol. The Balaban J connectivity index is 1.32. The van der Waals surface area contributed by atoms with Crippen molar-refractivity contribution in [2.24, 2.45) is 0 Å². The van der Waals surface area contributed by atoms with Crippen molar-refractivity contribution >= 4 is 56.0 Å². The number of alkyl halides is 3. The van der Waals surface area contributed by atoms with Crippen molar-refractivity contribution in [2.45, 2.75) is 11.1 Å². The molecular weight excluding hydrogens is 577 g/mol. The Hall–Kier alpha value is -4.61. The number of hydrogen-bond donors (Lipinski definition) is 3. The van der Waals surface area contributed by atoms with Crippen molar-refractivity contribution in [3.8, 4) is 11.4 Å². The zero-order valence-corrected chi connectivity index (χ0v) is 22.5. The van der Waals surface area contributed by atoms with Gasteiger partial charge >= 0.3 is 6.18 Å². The maximum Gasteiger partial charge on any atom is 0.417 e. The molecule has 3 N–H and O–H groups in total. The van der Waals surface area contributed by atoms with Crippen molar-refractivity contribution in [3.63, 3.8) is 0 Å². The molecule has 0 aliphatic rings. The molecule has 0 radical (unpaired) electrons. The number of sulfonamides is 1. The van der Waals surface area contributed by atoms with E-state index in [0.717, 1.165) is 23.2 Å². The van der Waals surface area contributed by atoms with Crippen LogP contribution in [-0.4, -0.2) is 24.3 Å². The average Bonchev–Trinajstić information content (AvgIpc) is 3.37. The van der Waals surface area contributed by atoms with Crippen molar-refractivity contribution < 1.29 is 26.4 Å². The summed E-state index contributed by atoms with van der Waals surface area (Å²) in [5, 5.41) is 2.25. The van der Waals surface area contributed by atoms with Gasteiger partial charge in [0.15, 0.2) is 0 Å². The van der Waals surface area contributed by atoms with Crippen molar-refractivity contribution in [2.75, 3.05) is 10.0 Å². The van der Waals surface area contributed by atoms with E-state index in [0.29, 0.717) is 28.7 Å². The second-order valence-corrected chi connectivity index (χ2v) is 10.9. The minimum absolute atomic E-state index is 0.209. The third kappa shape index (κ3) is 6.42. The molecule has 4 aromatic carbocycles. The molecule has 12 heteroatoms. The SMILES string of the molecule is O=C(/C=C/c1cccc(S(=O)(=O)Nc2ccc(Cl)c(C(F)(F)F)c2)c1)Nc1ccccc1-c1nc2ccccc2[nH]1. The lowest BCUT2D eigenvalue weighted by molar-refractivity contribution is -0.137. The molecule has 0 bridgehead atoms. The highest BCUT2D eigenvalue weighted by Crippen LogP contribution is 2.36. The van der Waals surface area contributed by atoms with Gasteiger partial charge in [-0.15, -0.1) is 0 Å². The molecule has 1 amide bonds. The van der Waals surface area contributed by atoms with Gasteiger partial charge in [0, 0.05) is 17.3 Å². The lowest BCUT2D eigenvalue weighted by Crippen LogP contribution is -2.14. The van der Waals surface area contributed by atoms with Crippen LogP contribution in [0.2, 0.25) is 5.02 Å². The second-order valence-electron chi connectivity index (χ2n) is 8.84. The Morgan fingerprint density at radius 1 is 0.927 bits per heavy atom. The average molecular weight is 597 g/mol. The molecule has 0 aliphatic heterocycles. The van der Waals surface area contributed by atoms with E-state index in [9.17, 15) is 26.4 Å². The molecule has 5 aromatic rings. The minimum atomic E-state index is -4.75. The highest BCUT2D eigenvalue weighted by atomic mass is 35.5. The molecule has 1 aromatic heterocycles. The number of rotatable bonds is 7. The van der Waals surface area contributed by atoms with Gasteiger partial charge in [0.05, 0.1) is 32.2 Å². The number of aromatic amines is 1. The molecule has 0 atom stereocenters. The number of halogens is 4. The third-order valence-electron chi connectivity index (χ3n) is 5.95. The summed E-state index contributed by atoms with van der Waals surface area (Å²) in [4.78, 5) is 20.3. The van der Waals surface area contributed by atoms with Crippen LogP contribution in [0.5, 0.6) is 0 Å². The van der Waals surface area contributed by atoms with Crippen molar-refractivity contribution in [1.29, 1.82) is 0 Å². The quantitative estimate of drug-likeness (QED) is 0.171. The number of hydrogen-bond acceptors (Lipinski definition) is 4. The Morgan fingerprint density at radius 3 is 2.46 bits per heavy atom. The number of nitrogens with one attached hydrogen (secondary N) is 3. The Labute approximate surface area is 237 Å². The molecule has 41 heavy (non-hydrogen) atoms. The first-order valence-corrected chi connectivity index (χ1v) is 13.9. The van der Waals surface area contributed by atoms with Gasteiger partial charge in [-0.3, -0.25) is 9.52 Å². The molecule has 0 unspecified atom stereocenters. The number of fused-ring (bicyclic) bond motifs is 1. The van der Waals surface area contributed by atoms with E-state index in [-0.39, 0.29) is 10.6 Å². The van der Waals surface area contributed by atoms with E-state index in [2.05, 4.69) is 20.0 Å². The number of amides is 1. The maximum absolute atomic E-state index is 13.2. The molecule has 208 valence electrons. The normalized spacial score (nSPS) is 12.1. The van der Waals surface area contributed by atoms with Crippen LogP contribution in [0.1, 0.15) is 11.1 Å². The highest BCUT2D eigenvalue weighted by Gasteiger charge is 2.33. The first-order valence-electron chi connectivity index (χ1n) is 12.0. The summed E-state index contributed by atoms with van der Waals surface area (Å²) < 4.78 is 67.4. The van der Waals surface area contributed by atoms with Gasteiger partial charge < -0.3 is 10.3 Å². The van der Waals surface area contributed by atoms with Crippen LogP contribution in [0.15, 0.2) is 102 Å². The van der Waals surface area contributed by atoms with E-state index in [4.69, 9.17) is 11.6 Å². The van der Waals surface area contributed by atoms with Crippen LogP contribution in [-0.2, 0) is 21.0 Å². The molecule has 0 fully saturated rings. The molecule has 0 aliphatic carbocycles. The topological polar surface area (TPSA) is 104 Å². The number of nitrogens with zero attached hydrogens (tertiary/aromatic N) is 1. The summed E-state index contributed by atoms with van der Waals surface area (Å²) in [6.07, 6.45) is -2.10. The first-order chi connectivity index (χ1) is 19.5. The van der Waals surface area contributed by atoms with Gasteiger partial charge in [0.2, 0.25) is 5.91 Å². The van der Waals surface area contributed by atoms with Crippen LogP contribution in [0.25, 0.3) is 28.5 Å². The maximum atomic E-state index is 13.2. The lowest BCUT2D eigenvalue weighted by atomic mass is 10.1. The molecule has 1 heterocycles. The summed E-state index contributed by atoms with van der Waals surface area (Å²) in [6.45, 7) is 0. The highest BCUT2D eigenvalue weighted by molar-refractivity contribution is 7.92. The molecule has 7 nitrogen and oxygen atoms in total. The van der Waals surface area contributed by atoms with Crippen LogP contribution >= 0.6 is 11.6 Å².